The third kappa shape index (κ3) is 3.35. The predicted octanol–water partition coefficient (Wildman–Crippen LogP) is 1.81. The predicted molar refractivity (Wildman–Crippen MR) is 60.7 cm³/mol. The van der Waals surface area contributed by atoms with E-state index in [-0.39, 0.29) is 11.9 Å². The molecule has 0 spiro atoms. The van der Waals surface area contributed by atoms with Gasteiger partial charge in [0.25, 0.3) is 5.91 Å². The number of rotatable bonds is 4. The lowest BCUT2D eigenvalue weighted by Crippen LogP contribution is -2.34. The number of amides is 1. The number of hydrogen-bond acceptors (Lipinski definition) is 3. The molecule has 1 heterocycles. The first-order chi connectivity index (χ1) is 7.67. The largest absolute Gasteiger partial charge is 0.347 e. The Morgan fingerprint density at radius 2 is 2.38 bits per heavy atom. The van der Waals surface area contributed by atoms with Crippen LogP contribution in [-0.4, -0.2) is 16.9 Å². The van der Waals surface area contributed by atoms with Crippen molar-refractivity contribution in [2.24, 2.45) is 0 Å². The maximum atomic E-state index is 11.8. The Bertz CT molecular complexity index is 409. The van der Waals surface area contributed by atoms with Gasteiger partial charge in [-0.2, -0.15) is 5.26 Å². The molecule has 0 saturated carbocycles. The Balaban J connectivity index is 2.68. The third-order valence-electron chi connectivity index (χ3n) is 2.29. The van der Waals surface area contributed by atoms with Crippen LogP contribution < -0.4 is 5.32 Å². The molecule has 1 atom stereocenters. The molecule has 0 saturated heterocycles. The zero-order valence-electron chi connectivity index (χ0n) is 9.53. The molecule has 0 aliphatic carbocycles. The summed E-state index contributed by atoms with van der Waals surface area (Å²) in [5.41, 5.74) is 1.21. The van der Waals surface area contributed by atoms with Crippen molar-refractivity contribution >= 4 is 5.91 Å². The SMILES string of the molecule is CCC(CC#N)NC(=O)c1cccc(C)n1. The van der Waals surface area contributed by atoms with Crippen LogP contribution in [0.5, 0.6) is 0 Å². The Hall–Kier alpha value is -1.89. The first-order valence-electron chi connectivity index (χ1n) is 5.28. The zero-order valence-corrected chi connectivity index (χ0v) is 9.53. The molecule has 0 aromatic carbocycles. The molecule has 0 fully saturated rings. The van der Waals surface area contributed by atoms with Crippen LogP contribution in [-0.2, 0) is 0 Å². The van der Waals surface area contributed by atoms with Gasteiger partial charge in [-0.3, -0.25) is 4.79 Å². The van der Waals surface area contributed by atoms with E-state index in [0.717, 1.165) is 12.1 Å². The molecule has 1 rings (SSSR count). The standard InChI is InChI=1S/C12H15N3O/c1-3-10(7-8-13)15-12(16)11-6-4-5-9(2)14-11/h4-6,10H,3,7H2,1-2H3,(H,15,16). The van der Waals surface area contributed by atoms with Crippen molar-refractivity contribution in [2.75, 3.05) is 0 Å². The highest BCUT2D eigenvalue weighted by atomic mass is 16.1. The van der Waals surface area contributed by atoms with Gasteiger partial charge in [-0.05, 0) is 25.5 Å². The van der Waals surface area contributed by atoms with E-state index in [9.17, 15) is 4.79 Å². The summed E-state index contributed by atoms with van der Waals surface area (Å²) in [5.74, 6) is -0.217. The minimum Gasteiger partial charge on any atom is -0.347 e. The second-order valence-electron chi connectivity index (χ2n) is 3.61. The fourth-order valence-electron chi connectivity index (χ4n) is 1.34. The number of pyridine rings is 1. The van der Waals surface area contributed by atoms with Gasteiger partial charge in [0.1, 0.15) is 5.69 Å². The van der Waals surface area contributed by atoms with Crippen molar-refractivity contribution in [2.45, 2.75) is 32.7 Å². The van der Waals surface area contributed by atoms with Gasteiger partial charge >= 0.3 is 0 Å². The van der Waals surface area contributed by atoms with Gasteiger partial charge in [0.2, 0.25) is 0 Å². The molecule has 4 heteroatoms. The number of carbonyl (C=O) groups is 1. The monoisotopic (exact) mass is 217 g/mol. The second-order valence-corrected chi connectivity index (χ2v) is 3.61. The summed E-state index contributed by atoms with van der Waals surface area (Å²) in [6.45, 7) is 3.77. The lowest BCUT2D eigenvalue weighted by Gasteiger charge is -2.13. The molecule has 84 valence electrons. The van der Waals surface area contributed by atoms with E-state index in [0.29, 0.717) is 12.1 Å². The maximum absolute atomic E-state index is 11.8. The highest BCUT2D eigenvalue weighted by Gasteiger charge is 2.12. The number of carbonyl (C=O) groups excluding carboxylic acids is 1. The third-order valence-corrected chi connectivity index (χ3v) is 2.29. The van der Waals surface area contributed by atoms with Crippen LogP contribution in [0.4, 0.5) is 0 Å². The van der Waals surface area contributed by atoms with Crippen LogP contribution in [0.25, 0.3) is 0 Å². The Morgan fingerprint density at radius 3 is 2.94 bits per heavy atom. The lowest BCUT2D eigenvalue weighted by molar-refractivity contribution is 0.0931. The van der Waals surface area contributed by atoms with Crippen LogP contribution in [0, 0.1) is 18.3 Å². The number of aromatic nitrogens is 1. The minimum atomic E-state index is -0.217. The van der Waals surface area contributed by atoms with E-state index in [1.807, 2.05) is 19.9 Å². The van der Waals surface area contributed by atoms with E-state index in [1.165, 1.54) is 0 Å². The van der Waals surface area contributed by atoms with E-state index >= 15 is 0 Å². The molecule has 1 amide bonds. The van der Waals surface area contributed by atoms with Crippen molar-refractivity contribution in [3.05, 3.63) is 29.6 Å². The molecule has 0 bridgehead atoms. The van der Waals surface area contributed by atoms with E-state index < -0.39 is 0 Å². The van der Waals surface area contributed by atoms with Crippen LogP contribution in [0.3, 0.4) is 0 Å². The zero-order chi connectivity index (χ0) is 12.0. The summed E-state index contributed by atoms with van der Waals surface area (Å²) < 4.78 is 0. The molecule has 0 radical (unpaired) electrons. The first kappa shape index (κ1) is 12.2. The summed E-state index contributed by atoms with van der Waals surface area (Å²) in [6.07, 6.45) is 1.07. The van der Waals surface area contributed by atoms with Gasteiger partial charge in [-0.1, -0.05) is 13.0 Å². The summed E-state index contributed by atoms with van der Waals surface area (Å²) in [4.78, 5) is 15.9. The molecular weight excluding hydrogens is 202 g/mol. The van der Waals surface area contributed by atoms with Crippen molar-refractivity contribution in [3.63, 3.8) is 0 Å². The highest BCUT2D eigenvalue weighted by molar-refractivity contribution is 5.92. The summed E-state index contributed by atoms with van der Waals surface area (Å²) in [6, 6.07) is 7.25. The van der Waals surface area contributed by atoms with Gasteiger partial charge in [0.15, 0.2) is 0 Å². The van der Waals surface area contributed by atoms with Crippen molar-refractivity contribution in [1.29, 1.82) is 5.26 Å². The number of aryl methyl sites for hydroxylation is 1. The van der Waals surface area contributed by atoms with Gasteiger partial charge in [-0.25, -0.2) is 4.98 Å². The smallest absolute Gasteiger partial charge is 0.270 e. The number of hydrogen-bond donors (Lipinski definition) is 1. The van der Waals surface area contributed by atoms with Crippen LogP contribution in [0.2, 0.25) is 0 Å². The van der Waals surface area contributed by atoms with E-state index in [2.05, 4.69) is 16.4 Å². The number of nitriles is 1. The molecule has 1 aromatic rings. The van der Waals surface area contributed by atoms with Crippen LogP contribution in [0.1, 0.15) is 35.9 Å². The van der Waals surface area contributed by atoms with Gasteiger partial charge in [0, 0.05) is 11.7 Å². The Morgan fingerprint density at radius 1 is 1.62 bits per heavy atom. The molecule has 1 N–H and O–H groups in total. The molecule has 0 aliphatic rings. The van der Waals surface area contributed by atoms with Gasteiger partial charge < -0.3 is 5.32 Å². The van der Waals surface area contributed by atoms with Crippen molar-refractivity contribution < 1.29 is 4.79 Å². The highest BCUT2D eigenvalue weighted by Crippen LogP contribution is 2.01. The van der Waals surface area contributed by atoms with Crippen molar-refractivity contribution in [1.82, 2.24) is 10.3 Å². The summed E-state index contributed by atoms with van der Waals surface area (Å²) >= 11 is 0. The molecule has 1 unspecified atom stereocenters. The van der Waals surface area contributed by atoms with Gasteiger partial charge in [0.05, 0.1) is 12.5 Å². The van der Waals surface area contributed by atoms with Crippen LogP contribution in [0.15, 0.2) is 18.2 Å². The Kier molecular flexibility index (Phi) is 4.46. The quantitative estimate of drug-likeness (QED) is 0.836. The fourth-order valence-corrected chi connectivity index (χ4v) is 1.34. The van der Waals surface area contributed by atoms with Crippen LogP contribution >= 0.6 is 0 Å². The fraction of sp³-hybridized carbons (Fsp3) is 0.417. The average molecular weight is 217 g/mol. The van der Waals surface area contributed by atoms with Gasteiger partial charge in [-0.15, -0.1) is 0 Å². The first-order valence-corrected chi connectivity index (χ1v) is 5.28. The van der Waals surface area contributed by atoms with E-state index in [4.69, 9.17) is 5.26 Å². The number of nitrogens with zero attached hydrogens (tertiary/aromatic N) is 2. The molecule has 16 heavy (non-hydrogen) atoms. The van der Waals surface area contributed by atoms with Crippen molar-refractivity contribution in [3.8, 4) is 6.07 Å². The Labute approximate surface area is 95.3 Å². The molecule has 4 nitrogen and oxygen atoms in total. The molecule has 1 aromatic heterocycles. The second kappa shape index (κ2) is 5.86. The minimum absolute atomic E-state index is 0.0974. The average Bonchev–Trinajstić information content (AvgIpc) is 2.28. The number of nitrogens with one attached hydrogen (secondary N) is 1. The van der Waals surface area contributed by atoms with E-state index in [1.54, 1.807) is 12.1 Å². The lowest BCUT2D eigenvalue weighted by atomic mass is 10.1. The normalized spacial score (nSPS) is 11.6. The molecular formula is C12H15N3O. The topological polar surface area (TPSA) is 65.8 Å². The molecule has 0 aliphatic heterocycles. The summed E-state index contributed by atoms with van der Waals surface area (Å²) in [7, 11) is 0. The summed E-state index contributed by atoms with van der Waals surface area (Å²) in [5, 5.41) is 11.4. The maximum Gasteiger partial charge on any atom is 0.270 e.